The zero-order chi connectivity index (χ0) is 28.4. The highest BCUT2D eigenvalue weighted by Crippen LogP contribution is 2.35. The predicted octanol–water partition coefficient (Wildman–Crippen LogP) is 3.72. The van der Waals surface area contributed by atoms with E-state index < -0.39 is 14.9 Å². The smallest absolute Gasteiger partial charge is 0.293 e. The van der Waals surface area contributed by atoms with Crippen molar-refractivity contribution < 1.29 is 22.1 Å². The first-order chi connectivity index (χ1) is 19.1. The highest BCUT2D eigenvalue weighted by Gasteiger charge is 2.32. The molecule has 0 radical (unpaired) electrons. The lowest BCUT2D eigenvalue weighted by atomic mass is 9.96. The third kappa shape index (κ3) is 5.85. The molecule has 2 heterocycles. The largest absolute Gasteiger partial charge is 0.363 e. The third-order valence-corrected chi connectivity index (χ3v) is 9.53. The molecule has 5 rings (SSSR count). The summed E-state index contributed by atoms with van der Waals surface area (Å²) in [6.45, 7) is 3.81. The Kier molecular flexibility index (Phi) is 8.13. The van der Waals surface area contributed by atoms with E-state index >= 15 is 0 Å². The van der Waals surface area contributed by atoms with Crippen molar-refractivity contribution in [1.82, 2.24) is 14.1 Å². The molecule has 2 aliphatic heterocycles. The van der Waals surface area contributed by atoms with Gasteiger partial charge in [-0.1, -0.05) is 24.3 Å². The average molecular weight is 572 g/mol. The van der Waals surface area contributed by atoms with Crippen LogP contribution in [0.25, 0.3) is 0 Å². The maximum Gasteiger partial charge on any atom is 0.293 e. The first-order valence-corrected chi connectivity index (χ1v) is 14.5. The molecule has 12 heteroatoms. The molecule has 2 fully saturated rings. The van der Waals surface area contributed by atoms with Crippen molar-refractivity contribution in [1.29, 1.82) is 0 Å². The summed E-state index contributed by atoms with van der Waals surface area (Å²) < 4.78 is 55.1. The number of hydrogen-bond acceptors (Lipinski definition) is 7. The molecule has 0 amide bonds. The van der Waals surface area contributed by atoms with Crippen molar-refractivity contribution in [3.63, 3.8) is 0 Å². The number of nitro groups is 1. The molecule has 9 nitrogen and oxygen atoms in total. The number of piperazine rings is 2. The molecule has 212 valence electrons. The number of likely N-dealkylation sites (N-methyl/N-ethyl adjacent to an activating group) is 1. The summed E-state index contributed by atoms with van der Waals surface area (Å²) >= 11 is 0. The fourth-order valence-corrected chi connectivity index (χ4v) is 6.82. The predicted molar refractivity (Wildman–Crippen MR) is 148 cm³/mol. The molecule has 3 aromatic carbocycles. The van der Waals surface area contributed by atoms with Gasteiger partial charge < -0.3 is 9.80 Å². The summed E-state index contributed by atoms with van der Waals surface area (Å²) in [6, 6.07) is 16.3. The van der Waals surface area contributed by atoms with Gasteiger partial charge in [0.1, 0.15) is 17.3 Å². The normalized spacial score (nSPS) is 17.9. The van der Waals surface area contributed by atoms with Crippen molar-refractivity contribution in [2.45, 2.75) is 10.9 Å². The fourth-order valence-electron chi connectivity index (χ4n) is 5.38. The molecule has 2 aliphatic rings. The monoisotopic (exact) mass is 571 g/mol. The Bertz CT molecular complexity index is 1410. The van der Waals surface area contributed by atoms with Gasteiger partial charge in [-0.3, -0.25) is 15.0 Å². The van der Waals surface area contributed by atoms with Gasteiger partial charge in [-0.25, -0.2) is 17.2 Å². The summed E-state index contributed by atoms with van der Waals surface area (Å²) in [5.74, 6) is -0.700. The first-order valence-electron chi connectivity index (χ1n) is 13.1. The van der Waals surface area contributed by atoms with Crippen molar-refractivity contribution in [2.75, 3.05) is 64.3 Å². The maximum atomic E-state index is 13.6. The van der Waals surface area contributed by atoms with Crippen molar-refractivity contribution in [3.05, 3.63) is 99.6 Å². The molecule has 0 atom stereocenters. The summed E-state index contributed by atoms with van der Waals surface area (Å²) in [5, 5.41) is 12.1. The zero-order valence-corrected chi connectivity index (χ0v) is 22.9. The van der Waals surface area contributed by atoms with Gasteiger partial charge in [-0.05, 0) is 54.6 Å². The van der Waals surface area contributed by atoms with Crippen LogP contribution in [-0.4, -0.2) is 86.9 Å². The van der Waals surface area contributed by atoms with E-state index in [-0.39, 0.29) is 28.3 Å². The standard InChI is InChI=1S/C28H31F2N5O4S/c1-31-12-18-34(19-13-31)40(38,39)25-10-11-26(27(20-25)35(36)37)32-14-16-33(17-15-32)28(21-2-6-23(29)7-3-21)22-4-8-24(30)9-5-22/h2-11,20,28H,12-19H2,1H3. The van der Waals surface area contributed by atoms with Crippen LogP contribution >= 0.6 is 0 Å². The molecule has 0 aromatic heterocycles. The van der Waals surface area contributed by atoms with E-state index in [1.165, 1.54) is 40.7 Å². The molecule has 0 unspecified atom stereocenters. The second kappa shape index (κ2) is 11.6. The summed E-state index contributed by atoms with van der Waals surface area (Å²) in [4.78, 5) is 17.5. The van der Waals surface area contributed by atoms with Crippen LogP contribution in [0.5, 0.6) is 0 Å². The molecule has 0 spiro atoms. The van der Waals surface area contributed by atoms with E-state index in [0.29, 0.717) is 58.0 Å². The molecule has 0 aliphatic carbocycles. The van der Waals surface area contributed by atoms with E-state index in [4.69, 9.17) is 0 Å². The van der Waals surface area contributed by atoms with E-state index in [0.717, 1.165) is 17.2 Å². The number of sulfonamides is 1. The Morgan fingerprint density at radius 2 is 1.30 bits per heavy atom. The van der Waals surface area contributed by atoms with Gasteiger partial charge in [-0.2, -0.15) is 4.31 Å². The Morgan fingerprint density at radius 3 is 1.80 bits per heavy atom. The Balaban J connectivity index is 1.37. The number of rotatable bonds is 7. The van der Waals surface area contributed by atoms with Gasteiger partial charge in [0.15, 0.2) is 0 Å². The quantitative estimate of drug-likeness (QED) is 0.316. The fraction of sp³-hybridized carbons (Fsp3) is 0.357. The van der Waals surface area contributed by atoms with Crippen LogP contribution in [0, 0.1) is 21.7 Å². The highest BCUT2D eigenvalue weighted by atomic mass is 32.2. The highest BCUT2D eigenvalue weighted by molar-refractivity contribution is 7.89. The number of nitro benzene ring substituents is 1. The topological polar surface area (TPSA) is 90.2 Å². The molecule has 0 N–H and O–H groups in total. The molecular formula is C28H31F2N5O4S. The molecule has 0 saturated carbocycles. The van der Waals surface area contributed by atoms with Gasteiger partial charge in [0.25, 0.3) is 5.69 Å². The number of benzene rings is 3. The zero-order valence-electron chi connectivity index (χ0n) is 22.1. The van der Waals surface area contributed by atoms with Gasteiger partial charge in [0.2, 0.25) is 10.0 Å². The average Bonchev–Trinajstić information content (AvgIpc) is 2.95. The Hall–Kier alpha value is -3.45. The molecule has 0 bridgehead atoms. The van der Waals surface area contributed by atoms with Crippen molar-refractivity contribution in [3.8, 4) is 0 Å². The summed E-state index contributed by atoms with van der Waals surface area (Å²) in [5.41, 5.74) is 1.82. The van der Waals surface area contributed by atoms with Crippen molar-refractivity contribution >= 4 is 21.4 Å². The minimum absolute atomic E-state index is 0.0844. The molecule has 2 saturated heterocycles. The Morgan fingerprint density at radius 1 is 0.775 bits per heavy atom. The van der Waals surface area contributed by atoms with Gasteiger partial charge in [0.05, 0.1) is 15.9 Å². The number of anilines is 1. The van der Waals surface area contributed by atoms with Gasteiger partial charge in [0, 0.05) is 58.4 Å². The number of nitrogens with zero attached hydrogens (tertiary/aromatic N) is 5. The van der Waals surface area contributed by atoms with Crippen LogP contribution < -0.4 is 4.90 Å². The third-order valence-electron chi connectivity index (χ3n) is 7.64. The second-order valence-electron chi connectivity index (χ2n) is 10.1. The number of halogens is 2. The van der Waals surface area contributed by atoms with Gasteiger partial charge in [-0.15, -0.1) is 0 Å². The summed E-state index contributed by atoms with van der Waals surface area (Å²) in [6.07, 6.45) is 0. The molecular weight excluding hydrogens is 540 g/mol. The lowest BCUT2D eigenvalue weighted by Gasteiger charge is -2.40. The number of hydrogen-bond donors (Lipinski definition) is 0. The van der Waals surface area contributed by atoms with Crippen LogP contribution in [0.15, 0.2) is 71.6 Å². The van der Waals surface area contributed by atoms with Crippen LogP contribution in [-0.2, 0) is 10.0 Å². The van der Waals surface area contributed by atoms with Crippen LogP contribution in [0.2, 0.25) is 0 Å². The maximum absolute atomic E-state index is 13.6. The first kappa shape index (κ1) is 28.1. The van der Waals surface area contributed by atoms with E-state index in [9.17, 15) is 27.3 Å². The second-order valence-corrected chi connectivity index (χ2v) is 12.1. The molecule has 3 aromatic rings. The van der Waals surface area contributed by atoms with Crippen LogP contribution in [0.1, 0.15) is 17.2 Å². The minimum atomic E-state index is -3.85. The lowest BCUT2D eigenvalue weighted by Crippen LogP contribution is -2.48. The molecule has 40 heavy (non-hydrogen) atoms. The van der Waals surface area contributed by atoms with Crippen LogP contribution in [0.3, 0.4) is 0 Å². The summed E-state index contributed by atoms with van der Waals surface area (Å²) in [7, 11) is -1.93. The Labute approximate surface area is 232 Å². The lowest BCUT2D eigenvalue weighted by molar-refractivity contribution is -0.384. The van der Waals surface area contributed by atoms with Gasteiger partial charge >= 0.3 is 0 Å². The van der Waals surface area contributed by atoms with Crippen molar-refractivity contribution in [2.24, 2.45) is 0 Å². The minimum Gasteiger partial charge on any atom is -0.363 e. The van der Waals surface area contributed by atoms with E-state index in [2.05, 4.69) is 4.90 Å². The van der Waals surface area contributed by atoms with E-state index in [1.807, 2.05) is 16.8 Å². The van der Waals surface area contributed by atoms with E-state index in [1.54, 1.807) is 24.3 Å². The SMILES string of the molecule is CN1CCN(S(=O)(=O)c2ccc(N3CCN(C(c4ccc(F)cc4)c4ccc(F)cc4)CC3)c([N+](=O)[O-])c2)CC1. The van der Waals surface area contributed by atoms with Crippen LogP contribution in [0.4, 0.5) is 20.2 Å².